The minimum Gasteiger partial charge on any atom is -0.508 e. The smallest absolute Gasteiger partial charge is 0.326 e. The quantitative estimate of drug-likeness (QED) is 0.122. The molecular weight excluding hydrogens is 472 g/mol. The van der Waals surface area contributed by atoms with Gasteiger partial charge in [-0.25, -0.2) is 4.79 Å². The van der Waals surface area contributed by atoms with E-state index in [1.165, 1.54) is 24.3 Å². The number of rotatable bonds is 14. The molecule has 4 unspecified atom stereocenters. The minimum absolute atomic E-state index is 0.101. The monoisotopic (exact) mass is 498 g/mol. The number of carboxylic acid groups (broad SMARTS) is 3. The molecular formula is C20H26N4O11. The molecule has 4 atom stereocenters. The van der Waals surface area contributed by atoms with Crippen LogP contribution >= 0.6 is 0 Å². The number of aliphatic hydroxyl groups is 1. The number of aliphatic hydroxyl groups excluding tert-OH is 1. The molecule has 0 aromatic heterocycles. The summed E-state index contributed by atoms with van der Waals surface area (Å²) in [6.45, 7) is -0.792. The Balaban J connectivity index is 3.18. The summed E-state index contributed by atoms with van der Waals surface area (Å²) < 4.78 is 0. The Morgan fingerprint density at radius 2 is 1.20 bits per heavy atom. The molecule has 0 heterocycles. The van der Waals surface area contributed by atoms with Crippen molar-refractivity contribution >= 4 is 35.6 Å². The van der Waals surface area contributed by atoms with Crippen LogP contribution in [-0.4, -0.2) is 91.9 Å². The van der Waals surface area contributed by atoms with E-state index >= 15 is 0 Å². The van der Waals surface area contributed by atoms with Gasteiger partial charge in [0, 0.05) is 6.42 Å². The van der Waals surface area contributed by atoms with Gasteiger partial charge in [-0.05, 0) is 17.7 Å². The van der Waals surface area contributed by atoms with E-state index in [1.807, 2.05) is 10.6 Å². The summed E-state index contributed by atoms with van der Waals surface area (Å²) in [5.41, 5.74) is 5.74. The first-order chi connectivity index (χ1) is 16.3. The van der Waals surface area contributed by atoms with Gasteiger partial charge in [-0.15, -0.1) is 0 Å². The zero-order valence-corrected chi connectivity index (χ0v) is 18.2. The summed E-state index contributed by atoms with van der Waals surface area (Å²) in [6, 6.07) is -1.21. The molecule has 10 N–H and O–H groups in total. The lowest BCUT2D eigenvalue weighted by Crippen LogP contribution is -2.58. The van der Waals surface area contributed by atoms with Gasteiger partial charge in [0.15, 0.2) is 0 Å². The molecule has 1 aromatic carbocycles. The van der Waals surface area contributed by atoms with Crippen molar-refractivity contribution in [2.24, 2.45) is 5.73 Å². The number of phenols is 1. The normalized spacial score (nSPS) is 14.0. The van der Waals surface area contributed by atoms with Crippen LogP contribution in [0.2, 0.25) is 0 Å². The number of aliphatic carboxylic acids is 3. The Kier molecular flexibility index (Phi) is 11.1. The number of nitrogens with one attached hydrogen (secondary N) is 3. The lowest BCUT2D eigenvalue weighted by Gasteiger charge is -2.24. The maximum Gasteiger partial charge on any atom is 0.326 e. The summed E-state index contributed by atoms with van der Waals surface area (Å²) in [4.78, 5) is 70.9. The number of carboxylic acids is 3. The Morgan fingerprint density at radius 3 is 1.69 bits per heavy atom. The lowest BCUT2D eigenvalue weighted by atomic mass is 10.0. The predicted molar refractivity (Wildman–Crippen MR) is 115 cm³/mol. The van der Waals surface area contributed by atoms with E-state index in [4.69, 9.17) is 21.1 Å². The summed E-state index contributed by atoms with van der Waals surface area (Å²) in [6.07, 6.45) is -2.15. The maximum atomic E-state index is 12.8. The number of hydrogen-bond acceptors (Lipinski definition) is 9. The van der Waals surface area contributed by atoms with Crippen LogP contribution in [0.15, 0.2) is 24.3 Å². The minimum atomic E-state index is -1.84. The zero-order valence-electron chi connectivity index (χ0n) is 18.2. The Bertz CT molecular complexity index is 951. The average molecular weight is 498 g/mol. The SMILES string of the molecule is NC(CO)C(=O)NC(CC(=O)O)C(=O)NC(Cc1ccc(O)cc1)C(=O)NC(CC(=O)O)C(=O)O. The van der Waals surface area contributed by atoms with E-state index in [-0.39, 0.29) is 12.2 Å². The number of aromatic hydroxyl groups is 1. The molecule has 15 nitrogen and oxygen atoms in total. The molecule has 15 heteroatoms. The number of benzene rings is 1. The van der Waals surface area contributed by atoms with Gasteiger partial charge in [-0.3, -0.25) is 24.0 Å². The van der Waals surface area contributed by atoms with E-state index in [0.29, 0.717) is 5.56 Å². The second-order valence-corrected chi connectivity index (χ2v) is 7.38. The third kappa shape index (κ3) is 10.1. The van der Waals surface area contributed by atoms with Crippen molar-refractivity contribution in [2.75, 3.05) is 6.61 Å². The van der Waals surface area contributed by atoms with Gasteiger partial charge in [-0.1, -0.05) is 12.1 Å². The van der Waals surface area contributed by atoms with Gasteiger partial charge >= 0.3 is 17.9 Å². The van der Waals surface area contributed by atoms with Crippen molar-refractivity contribution in [2.45, 2.75) is 43.4 Å². The van der Waals surface area contributed by atoms with Gasteiger partial charge < -0.3 is 47.2 Å². The molecule has 0 aliphatic carbocycles. The van der Waals surface area contributed by atoms with Crippen molar-refractivity contribution in [3.8, 4) is 5.75 Å². The van der Waals surface area contributed by atoms with E-state index in [2.05, 4.69) is 5.32 Å². The largest absolute Gasteiger partial charge is 0.508 e. The second-order valence-electron chi connectivity index (χ2n) is 7.38. The molecule has 0 spiro atoms. The van der Waals surface area contributed by atoms with Crippen LogP contribution in [0.5, 0.6) is 5.75 Å². The molecule has 0 saturated carbocycles. The first-order valence-electron chi connectivity index (χ1n) is 10.1. The van der Waals surface area contributed by atoms with Gasteiger partial charge in [0.05, 0.1) is 19.4 Å². The highest BCUT2D eigenvalue weighted by molar-refractivity contribution is 5.96. The van der Waals surface area contributed by atoms with E-state index in [1.54, 1.807) is 0 Å². The highest BCUT2D eigenvalue weighted by atomic mass is 16.4. The van der Waals surface area contributed by atoms with Crippen LogP contribution in [0.25, 0.3) is 0 Å². The zero-order chi connectivity index (χ0) is 26.7. The van der Waals surface area contributed by atoms with Crippen LogP contribution in [0.1, 0.15) is 18.4 Å². The Morgan fingerprint density at radius 1 is 0.743 bits per heavy atom. The molecule has 0 saturated heterocycles. The standard InChI is InChI=1S/C20H26N4O11/c21-11(8-25)17(31)22-13(6-15(27)28)19(33)23-12(5-9-1-3-10(26)4-2-9)18(32)24-14(20(34)35)7-16(29)30/h1-4,11-14,25-26H,5-8,21H2,(H,22,31)(H,23,33)(H,24,32)(H,27,28)(H,29,30)(H,34,35). The molecule has 192 valence electrons. The fraction of sp³-hybridized carbons (Fsp3) is 0.400. The molecule has 35 heavy (non-hydrogen) atoms. The van der Waals surface area contributed by atoms with Gasteiger partial charge in [0.1, 0.15) is 29.9 Å². The first-order valence-corrected chi connectivity index (χ1v) is 10.1. The highest BCUT2D eigenvalue weighted by Crippen LogP contribution is 2.12. The molecule has 0 aliphatic rings. The first kappa shape index (κ1) is 28.8. The van der Waals surface area contributed by atoms with Crippen molar-refractivity contribution in [1.82, 2.24) is 16.0 Å². The van der Waals surface area contributed by atoms with Crippen LogP contribution < -0.4 is 21.7 Å². The number of amides is 3. The summed E-state index contributed by atoms with van der Waals surface area (Å²) in [5, 5.41) is 51.8. The number of phenolic OH excluding ortho intramolecular Hbond substituents is 1. The van der Waals surface area contributed by atoms with E-state index in [0.717, 1.165) is 0 Å². The average Bonchev–Trinajstić information content (AvgIpc) is 2.77. The Labute approximate surface area is 197 Å². The Hall–Kier alpha value is -4.24. The van der Waals surface area contributed by atoms with Crippen molar-refractivity contribution < 1.29 is 54.3 Å². The van der Waals surface area contributed by atoms with Gasteiger partial charge in [-0.2, -0.15) is 0 Å². The van der Waals surface area contributed by atoms with E-state index < -0.39 is 79.2 Å². The number of carbonyl (C=O) groups is 6. The van der Waals surface area contributed by atoms with Crippen LogP contribution in [-0.2, 0) is 35.2 Å². The van der Waals surface area contributed by atoms with Crippen molar-refractivity contribution in [1.29, 1.82) is 0 Å². The molecule has 0 radical (unpaired) electrons. The number of nitrogens with two attached hydrogens (primary N) is 1. The van der Waals surface area contributed by atoms with Crippen molar-refractivity contribution in [3.63, 3.8) is 0 Å². The molecule has 3 amide bonds. The molecule has 1 rings (SSSR count). The molecule has 0 bridgehead atoms. The number of carbonyl (C=O) groups excluding carboxylic acids is 3. The van der Waals surface area contributed by atoms with Crippen LogP contribution in [0, 0.1) is 0 Å². The fourth-order valence-corrected chi connectivity index (χ4v) is 2.74. The summed E-state index contributed by atoms with van der Waals surface area (Å²) in [7, 11) is 0. The number of hydrogen-bond donors (Lipinski definition) is 9. The summed E-state index contributed by atoms with van der Waals surface area (Å²) in [5.74, 6) is -8.04. The fourth-order valence-electron chi connectivity index (χ4n) is 2.74. The predicted octanol–water partition coefficient (Wildman–Crippen LogP) is -3.26. The van der Waals surface area contributed by atoms with E-state index in [9.17, 15) is 39.0 Å². The third-order valence-electron chi connectivity index (χ3n) is 4.55. The van der Waals surface area contributed by atoms with Crippen LogP contribution in [0.4, 0.5) is 0 Å². The molecule has 0 fully saturated rings. The molecule has 1 aromatic rings. The van der Waals surface area contributed by atoms with Gasteiger partial charge in [0.2, 0.25) is 17.7 Å². The van der Waals surface area contributed by atoms with Gasteiger partial charge in [0.25, 0.3) is 0 Å². The van der Waals surface area contributed by atoms with Crippen molar-refractivity contribution in [3.05, 3.63) is 29.8 Å². The molecule has 0 aliphatic heterocycles. The van der Waals surface area contributed by atoms with Crippen LogP contribution in [0.3, 0.4) is 0 Å². The summed E-state index contributed by atoms with van der Waals surface area (Å²) >= 11 is 0. The third-order valence-corrected chi connectivity index (χ3v) is 4.55. The second kappa shape index (κ2) is 13.5. The maximum absolute atomic E-state index is 12.8. The lowest BCUT2D eigenvalue weighted by molar-refractivity contribution is -0.147. The highest BCUT2D eigenvalue weighted by Gasteiger charge is 2.32. The topological polar surface area (TPSA) is 266 Å².